The average Bonchev–Trinajstić information content (AvgIpc) is 2.50. The molecule has 0 saturated carbocycles. The van der Waals surface area contributed by atoms with Gasteiger partial charge in [-0.2, -0.15) is 13.2 Å². The van der Waals surface area contributed by atoms with Crippen molar-refractivity contribution in [3.05, 3.63) is 63.6 Å². The van der Waals surface area contributed by atoms with Crippen LogP contribution in [0.4, 0.5) is 13.2 Å². The van der Waals surface area contributed by atoms with E-state index in [1.54, 1.807) is 19.1 Å². The van der Waals surface area contributed by atoms with Crippen LogP contribution in [-0.4, -0.2) is 23.7 Å². The number of rotatable bonds is 5. The van der Waals surface area contributed by atoms with E-state index in [2.05, 4.69) is 15.0 Å². The predicted molar refractivity (Wildman–Crippen MR) is 81.0 cm³/mol. The molecule has 2 rings (SSSR count). The number of halogens is 3. The first kappa shape index (κ1) is 17.6. The van der Waals surface area contributed by atoms with Crippen LogP contribution in [0.1, 0.15) is 21.6 Å². The van der Waals surface area contributed by atoms with Crippen molar-refractivity contribution in [3.63, 3.8) is 0 Å². The molecule has 0 fully saturated rings. The lowest BCUT2D eigenvalue weighted by Crippen LogP contribution is -2.29. The Hall–Kier alpha value is -2.77. The van der Waals surface area contributed by atoms with Crippen molar-refractivity contribution in [2.24, 2.45) is 0 Å². The van der Waals surface area contributed by atoms with Crippen molar-refractivity contribution in [3.8, 4) is 5.75 Å². The van der Waals surface area contributed by atoms with Gasteiger partial charge in [-0.1, -0.05) is 12.1 Å². The highest BCUT2D eigenvalue weighted by Crippen LogP contribution is 2.19. The summed E-state index contributed by atoms with van der Waals surface area (Å²) in [6.45, 7) is 0.354. The fourth-order valence-electron chi connectivity index (χ4n) is 1.94. The van der Waals surface area contributed by atoms with Crippen LogP contribution < -0.4 is 15.6 Å². The lowest BCUT2D eigenvalue weighted by molar-refractivity contribution is -0.153. The molecule has 24 heavy (non-hydrogen) atoms. The first-order chi connectivity index (χ1) is 11.2. The summed E-state index contributed by atoms with van der Waals surface area (Å²) in [6.07, 6.45) is -4.42. The smallest absolute Gasteiger partial charge is 0.422 e. The summed E-state index contributed by atoms with van der Waals surface area (Å²) in [4.78, 5) is 26.2. The van der Waals surface area contributed by atoms with Crippen LogP contribution in [-0.2, 0) is 6.54 Å². The van der Waals surface area contributed by atoms with Crippen molar-refractivity contribution in [2.75, 3.05) is 6.61 Å². The minimum absolute atomic E-state index is 0.0370. The van der Waals surface area contributed by atoms with Gasteiger partial charge >= 0.3 is 6.18 Å². The molecule has 0 bridgehead atoms. The molecule has 0 unspecified atom stereocenters. The number of carbonyl (C=O) groups is 1. The number of nitrogens with one attached hydrogen (secondary N) is 2. The highest BCUT2D eigenvalue weighted by Gasteiger charge is 2.28. The number of aromatic amines is 1. The van der Waals surface area contributed by atoms with Crippen LogP contribution in [0.3, 0.4) is 0 Å². The van der Waals surface area contributed by atoms with E-state index >= 15 is 0 Å². The maximum atomic E-state index is 12.1. The van der Waals surface area contributed by atoms with Gasteiger partial charge in [0, 0.05) is 12.2 Å². The molecule has 1 heterocycles. The Labute approximate surface area is 135 Å². The molecule has 8 heteroatoms. The topological polar surface area (TPSA) is 71.2 Å². The fourth-order valence-corrected chi connectivity index (χ4v) is 1.94. The minimum Gasteiger partial charge on any atom is -0.484 e. The zero-order chi connectivity index (χ0) is 17.7. The summed E-state index contributed by atoms with van der Waals surface area (Å²) in [5.41, 5.74) is 0.637. The molecule has 5 nitrogen and oxygen atoms in total. The second kappa shape index (κ2) is 7.20. The van der Waals surface area contributed by atoms with Crippen LogP contribution in [0.15, 0.2) is 41.2 Å². The summed E-state index contributed by atoms with van der Waals surface area (Å²) in [5, 5.41) is 2.54. The van der Waals surface area contributed by atoms with E-state index in [0.29, 0.717) is 11.3 Å². The molecule has 0 saturated heterocycles. The van der Waals surface area contributed by atoms with Crippen LogP contribution in [0.25, 0.3) is 0 Å². The quantitative estimate of drug-likeness (QED) is 0.879. The van der Waals surface area contributed by atoms with E-state index in [1.807, 2.05) is 0 Å². The van der Waals surface area contributed by atoms with Gasteiger partial charge in [-0.05, 0) is 36.8 Å². The summed E-state index contributed by atoms with van der Waals surface area (Å²) < 4.78 is 41.0. The monoisotopic (exact) mass is 340 g/mol. The predicted octanol–water partition coefficient (Wildman–Crippen LogP) is 2.55. The standard InChI is InChI=1S/C16H15F3N2O3/c1-10-5-6-13(15(23)21-10)14(22)20-8-11-3-2-4-12(7-11)24-9-16(17,18)19/h2-7H,8-9H2,1H3,(H,20,22)(H,21,23). The van der Waals surface area contributed by atoms with E-state index in [9.17, 15) is 22.8 Å². The Kier molecular flexibility index (Phi) is 5.28. The van der Waals surface area contributed by atoms with Crippen molar-refractivity contribution in [2.45, 2.75) is 19.6 Å². The molecule has 0 aliphatic heterocycles. The van der Waals surface area contributed by atoms with Gasteiger partial charge in [0.15, 0.2) is 6.61 Å². The van der Waals surface area contributed by atoms with Gasteiger partial charge in [-0.15, -0.1) is 0 Å². The Morgan fingerprint density at radius 1 is 1.25 bits per heavy atom. The molecule has 0 atom stereocenters. The Bertz CT molecular complexity index is 785. The summed E-state index contributed by atoms with van der Waals surface area (Å²) in [5.74, 6) is -0.523. The van der Waals surface area contributed by atoms with Crippen LogP contribution in [0.2, 0.25) is 0 Å². The maximum Gasteiger partial charge on any atom is 0.422 e. The van der Waals surface area contributed by atoms with Crippen molar-refractivity contribution in [1.82, 2.24) is 10.3 Å². The van der Waals surface area contributed by atoms with Gasteiger partial charge in [-0.3, -0.25) is 9.59 Å². The third-order valence-electron chi connectivity index (χ3n) is 3.05. The second-order valence-corrected chi connectivity index (χ2v) is 5.12. The van der Waals surface area contributed by atoms with E-state index in [0.717, 1.165) is 0 Å². The molecule has 2 N–H and O–H groups in total. The average molecular weight is 340 g/mol. The lowest BCUT2D eigenvalue weighted by Gasteiger charge is -2.10. The van der Waals surface area contributed by atoms with Gasteiger partial charge < -0.3 is 15.0 Å². The maximum absolute atomic E-state index is 12.1. The van der Waals surface area contributed by atoms with Gasteiger partial charge in [0.1, 0.15) is 11.3 Å². The van der Waals surface area contributed by atoms with E-state index in [4.69, 9.17) is 0 Å². The van der Waals surface area contributed by atoms with Gasteiger partial charge in [-0.25, -0.2) is 0 Å². The molecule has 0 aliphatic carbocycles. The number of aryl methyl sites for hydroxylation is 1. The van der Waals surface area contributed by atoms with Crippen molar-refractivity contribution < 1.29 is 22.7 Å². The van der Waals surface area contributed by atoms with E-state index in [-0.39, 0.29) is 17.9 Å². The molecule has 1 aromatic carbocycles. The number of carbonyl (C=O) groups excluding carboxylic acids is 1. The zero-order valence-electron chi connectivity index (χ0n) is 12.7. The molecule has 0 spiro atoms. The second-order valence-electron chi connectivity index (χ2n) is 5.12. The van der Waals surface area contributed by atoms with Crippen LogP contribution >= 0.6 is 0 Å². The minimum atomic E-state index is -4.42. The Balaban J connectivity index is 1.99. The van der Waals surface area contributed by atoms with Gasteiger partial charge in [0.2, 0.25) is 0 Å². The number of amides is 1. The molecule has 2 aromatic rings. The summed E-state index contributed by atoms with van der Waals surface area (Å²) in [6, 6.07) is 8.94. The normalized spacial score (nSPS) is 11.2. The third-order valence-corrected chi connectivity index (χ3v) is 3.05. The molecule has 0 radical (unpaired) electrons. The van der Waals surface area contributed by atoms with Crippen molar-refractivity contribution in [1.29, 1.82) is 0 Å². The highest BCUT2D eigenvalue weighted by atomic mass is 19.4. The molecule has 1 aromatic heterocycles. The number of hydrogen-bond donors (Lipinski definition) is 2. The number of hydrogen-bond acceptors (Lipinski definition) is 3. The first-order valence-electron chi connectivity index (χ1n) is 7.01. The molecular weight excluding hydrogens is 325 g/mol. The number of alkyl halides is 3. The SMILES string of the molecule is Cc1ccc(C(=O)NCc2cccc(OCC(F)(F)F)c2)c(=O)[nH]1. The van der Waals surface area contributed by atoms with E-state index < -0.39 is 24.2 Å². The van der Waals surface area contributed by atoms with Gasteiger partial charge in [0.05, 0.1) is 0 Å². The van der Waals surface area contributed by atoms with E-state index in [1.165, 1.54) is 24.3 Å². The largest absolute Gasteiger partial charge is 0.484 e. The first-order valence-corrected chi connectivity index (χ1v) is 7.01. The molecule has 1 amide bonds. The lowest BCUT2D eigenvalue weighted by atomic mass is 10.2. The third kappa shape index (κ3) is 5.15. The van der Waals surface area contributed by atoms with Crippen LogP contribution in [0, 0.1) is 6.92 Å². The zero-order valence-corrected chi connectivity index (χ0v) is 12.7. The summed E-state index contributed by atoms with van der Waals surface area (Å²) in [7, 11) is 0. The Morgan fingerprint density at radius 3 is 2.67 bits per heavy atom. The number of aromatic nitrogens is 1. The fraction of sp³-hybridized carbons (Fsp3) is 0.250. The molecule has 0 aliphatic rings. The summed E-state index contributed by atoms with van der Waals surface area (Å²) >= 11 is 0. The number of ether oxygens (including phenoxy) is 1. The van der Waals surface area contributed by atoms with Crippen molar-refractivity contribution >= 4 is 5.91 Å². The number of benzene rings is 1. The van der Waals surface area contributed by atoms with Crippen LogP contribution in [0.5, 0.6) is 5.75 Å². The Morgan fingerprint density at radius 2 is 2.00 bits per heavy atom. The number of pyridine rings is 1. The highest BCUT2D eigenvalue weighted by molar-refractivity contribution is 5.93. The molecule has 128 valence electrons. The van der Waals surface area contributed by atoms with Gasteiger partial charge in [0.25, 0.3) is 11.5 Å². The number of H-pyrrole nitrogens is 1. The molecular formula is C16H15F3N2O3.